The molecule has 2 bridgehead atoms. The van der Waals surface area contributed by atoms with Gasteiger partial charge in [0, 0.05) is 7.05 Å². The van der Waals surface area contributed by atoms with Crippen molar-refractivity contribution in [3.63, 3.8) is 0 Å². The summed E-state index contributed by atoms with van der Waals surface area (Å²) in [6.07, 6.45) is 4.71. The second kappa shape index (κ2) is 4.26. The van der Waals surface area contributed by atoms with Gasteiger partial charge in [0.1, 0.15) is 0 Å². The largest absolute Gasteiger partial charge is 0.481 e. The van der Waals surface area contributed by atoms with Crippen molar-refractivity contribution < 1.29 is 9.84 Å². The van der Waals surface area contributed by atoms with E-state index in [1.807, 2.05) is 14.0 Å². The monoisotopic (exact) mass is 250 g/mol. The summed E-state index contributed by atoms with van der Waals surface area (Å²) < 4.78 is 7.12. The highest BCUT2D eigenvalue weighted by Gasteiger charge is 2.44. The molecule has 100 valence electrons. The molecular weight excluding hydrogens is 228 g/mol. The highest BCUT2D eigenvalue weighted by Crippen LogP contribution is 2.53. The van der Waals surface area contributed by atoms with E-state index in [0.29, 0.717) is 17.7 Å². The van der Waals surface area contributed by atoms with Crippen LogP contribution in [-0.2, 0) is 7.05 Å². The summed E-state index contributed by atoms with van der Waals surface area (Å²) >= 11 is 0. The molecule has 2 fully saturated rings. The van der Waals surface area contributed by atoms with Crippen molar-refractivity contribution in [3.05, 3.63) is 11.3 Å². The molecular formula is C14H22N2O2. The molecule has 3 rings (SSSR count). The predicted molar refractivity (Wildman–Crippen MR) is 68.4 cm³/mol. The first-order chi connectivity index (χ1) is 8.61. The summed E-state index contributed by atoms with van der Waals surface area (Å²) in [7, 11) is 3.51. The van der Waals surface area contributed by atoms with Crippen LogP contribution in [0.15, 0.2) is 0 Å². The number of hydrogen-bond acceptors (Lipinski definition) is 3. The van der Waals surface area contributed by atoms with E-state index in [9.17, 15) is 5.11 Å². The van der Waals surface area contributed by atoms with Crippen LogP contribution in [0.25, 0.3) is 0 Å². The SMILES string of the molecule is COc1c(C(O)C2CC3CCC2C3)c(C)nn1C. The van der Waals surface area contributed by atoms with Gasteiger partial charge >= 0.3 is 0 Å². The van der Waals surface area contributed by atoms with Crippen LogP contribution in [0.5, 0.6) is 5.88 Å². The topological polar surface area (TPSA) is 47.3 Å². The third-order valence-corrected chi connectivity index (χ3v) is 4.90. The third kappa shape index (κ3) is 1.66. The van der Waals surface area contributed by atoms with Crippen LogP contribution < -0.4 is 4.74 Å². The lowest BCUT2D eigenvalue weighted by atomic mass is 9.82. The number of methoxy groups -OCH3 is 1. The van der Waals surface area contributed by atoms with Gasteiger partial charge in [-0.05, 0) is 43.9 Å². The van der Waals surface area contributed by atoms with E-state index < -0.39 is 6.10 Å². The van der Waals surface area contributed by atoms with Crippen molar-refractivity contribution in [2.75, 3.05) is 7.11 Å². The van der Waals surface area contributed by atoms with Gasteiger partial charge in [-0.15, -0.1) is 0 Å². The van der Waals surface area contributed by atoms with Gasteiger partial charge < -0.3 is 9.84 Å². The second-order valence-electron chi connectivity index (χ2n) is 5.92. The Morgan fingerprint density at radius 2 is 2.17 bits per heavy atom. The lowest BCUT2D eigenvalue weighted by Gasteiger charge is -2.27. The number of ether oxygens (including phenoxy) is 1. The first kappa shape index (κ1) is 12.0. The molecule has 1 N–H and O–H groups in total. The number of nitrogens with zero attached hydrogens (tertiary/aromatic N) is 2. The van der Waals surface area contributed by atoms with Gasteiger partial charge in [-0.1, -0.05) is 6.42 Å². The van der Waals surface area contributed by atoms with Crippen molar-refractivity contribution in [2.24, 2.45) is 24.8 Å². The van der Waals surface area contributed by atoms with E-state index in [1.54, 1.807) is 11.8 Å². The molecule has 4 unspecified atom stereocenters. The molecule has 2 aliphatic rings. The zero-order valence-corrected chi connectivity index (χ0v) is 11.4. The van der Waals surface area contributed by atoms with Gasteiger partial charge in [-0.2, -0.15) is 5.10 Å². The van der Waals surface area contributed by atoms with Gasteiger partial charge in [-0.3, -0.25) is 0 Å². The molecule has 0 aromatic carbocycles. The molecule has 1 heterocycles. The normalized spacial score (nSPS) is 31.9. The highest BCUT2D eigenvalue weighted by molar-refractivity contribution is 5.34. The minimum absolute atomic E-state index is 0.403. The smallest absolute Gasteiger partial charge is 0.217 e. The summed E-state index contributed by atoms with van der Waals surface area (Å²) in [6, 6.07) is 0. The van der Waals surface area contributed by atoms with Gasteiger partial charge in [0.2, 0.25) is 5.88 Å². The Labute approximate surface area is 108 Å². The fourth-order valence-electron chi connectivity index (χ4n) is 4.13. The van der Waals surface area contributed by atoms with Gasteiger partial charge in [0.25, 0.3) is 0 Å². The first-order valence-corrected chi connectivity index (χ1v) is 6.87. The van der Waals surface area contributed by atoms with E-state index >= 15 is 0 Å². The molecule has 0 amide bonds. The standard InChI is InChI=1S/C14H22N2O2/c1-8-12(14(18-3)16(2)15-8)13(17)11-7-9-4-5-10(11)6-9/h9-11,13,17H,4-7H2,1-3H3. The van der Waals surface area contributed by atoms with Crippen LogP contribution >= 0.6 is 0 Å². The van der Waals surface area contributed by atoms with Crippen LogP contribution in [0.3, 0.4) is 0 Å². The molecule has 4 atom stereocenters. The Balaban J connectivity index is 1.90. The predicted octanol–water partition coefficient (Wildman–Crippen LogP) is 2.21. The van der Waals surface area contributed by atoms with Crippen molar-refractivity contribution in [2.45, 2.75) is 38.7 Å². The number of rotatable bonds is 3. The van der Waals surface area contributed by atoms with E-state index in [1.165, 1.54) is 25.7 Å². The molecule has 0 radical (unpaired) electrons. The fourth-order valence-corrected chi connectivity index (χ4v) is 4.13. The molecule has 4 nitrogen and oxygen atoms in total. The molecule has 1 aromatic rings. The lowest BCUT2D eigenvalue weighted by Crippen LogP contribution is -2.20. The average molecular weight is 250 g/mol. The Morgan fingerprint density at radius 3 is 2.72 bits per heavy atom. The van der Waals surface area contributed by atoms with Gasteiger partial charge in [0.05, 0.1) is 24.5 Å². The van der Waals surface area contributed by atoms with Crippen molar-refractivity contribution >= 4 is 0 Å². The van der Waals surface area contributed by atoms with Crippen molar-refractivity contribution in [1.82, 2.24) is 9.78 Å². The number of aliphatic hydroxyl groups excluding tert-OH is 1. The van der Waals surface area contributed by atoms with Crippen molar-refractivity contribution in [3.8, 4) is 5.88 Å². The zero-order chi connectivity index (χ0) is 12.9. The zero-order valence-electron chi connectivity index (χ0n) is 11.4. The highest BCUT2D eigenvalue weighted by atomic mass is 16.5. The summed E-state index contributed by atoms with van der Waals surface area (Å²) in [5.74, 6) is 2.66. The molecule has 18 heavy (non-hydrogen) atoms. The Kier molecular flexibility index (Phi) is 2.85. The minimum Gasteiger partial charge on any atom is -0.481 e. The molecule has 0 aliphatic heterocycles. The maximum absolute atomic E-state index is 10.7. The Morgan fingerprint density at radius 1 is 1.39 bits per heavy atom. The van der Waals surface area contributed by atoms with Crippen LogP contribution in [0.1, 0.15) is 43.0 Å². The number of aliphatic hydroxyl groups is 1. The number of aryl methyl sites for hydroxylation is 2. The summed E-state index contributed by atoms with van der Waals surface area (Å²) in [4.78, 5) is 0. The molecule has 2 saturated carbocycles. The molecule has 4 heteroatoms. The maximum atomic E-state index is 10.7. The minimum atomic E-state index is -0.413. The first-order valence-electron chi connectivity index (χ1n) is 6.87. The van der Waals surface area contributed by atoms with E-state index in [0.717, 1.165) is 17.2 Å². The van der Waals surface area contributed by atoms with Gasteiger partial charge in [-0.25, -0.2) is 4.68 Å². The van der Waals surface area contributed by atoms with Crippen LogP contribution in [0.2, 0.25) is 0 Å². The number of hydrogen-bond donors (Lipinski definition) is 1. The van der Waals surface area contributed by atoms with Crippen molar-refractivity contribution in [1.29, 1.82) is 0 Å². The summed E-state index contributed by atoms with van der Waals surface area (Å²) in [5, 5.41) is 15.1. The third-order valence-electron chi connectivity index (χ3n) is 4.90. The maximum Gasteiger partial charge on any atom is 0.217 e. The molecule has 0 saturated heterocycles. The second-order valence-corrected chi connectivity index (χ2v) is 5.92. The fraction of sp³-hybridized carbons (Fsp3) is 0.786. The van der Waals surface area contributed by atoms with Crippen LogP contribution in [0, 0.1) is 24.7 Å². The Bertz CT molecular complexity index is 455. The van der Waals surface area contributed by atoms with E-state index in [-0.39, 0.29) is 0 Å². The van der Waals surface area contributed by atoms with Gasteiger partial charge in [0.15, 0.2) is 0 Å². The molecule has 2 aliphatic carbocycles. The summed E-state index contributed by atoms with van der Waals surface area (Å²) in [5.41, 5.74) is 1.79. The Hall–Kier alpha value is -1.03. The van der Waals surface area contributed by atoms with E-state index in [2.05, 4.69) is 5.10 Å². The quantitative estimate of drug-likeness (QED) is 0.894. The average Bonchev–Trinajstić information content (AvgIpc) is 3.01. The molecule has 0 spiro atoms. The lowest BCUT2D eigenvalue weighted by molar-refractivity contribution is 0.0715. The number of aromatic nitrogens is 2. The molecule has 1 aromatic heterocycles. The number of fused-ring (bicyclic) bond motifs is 2. The van der Waals surface area contributed by atoms with Crippen LogP contribution in [0.4, 0.5) is 0 Å². The van der Waals surface area contributed by atoms with E-state index in [4.69, 9.17) is 4.74 Å². The van der Waals surface area contributed by atoms with Crippen LogP contribution in [-0.4, -0.2) is 22.0 Å². The summed E-state index contributed by atoms with van der Waals surface area (Å²) in [6.45, 7) is 1.95.